The number of aryl methyl sites for hydroxylation is 1. The third kappa shape index (κ3) is 3.60. The number of piperazine rings is 1. The van der Waals surface area contributed by atoms with Gasteiger partial charge in [0.2, 0.25) is 11.8 Å². The monoisotopic (exact) mass is 395 g/mol. The van der Waals surface area contributed by atoms with E-state index in [0.717, 1.165) is 11.1 Å². The van der Waals surface area contributed by atoms with Gasteiger partial charge in [-0.25, -0.2) is 0 Å². The van der Waals surface area contributed by atoms with Crippen LogP contribution in [-0.4, -0.2) is 52.2 Å². The van der Waals surface area contributed by atoms with Crippen LogP contribution in [0.5, 0.6) is 0 Å². The molecule has 3 rings (SSSR count). The SMILES string of the molecule is Cc1cccc([N+](=O)[O-])c1CC1C(=O)N(C)C(C)(Cc2ccccc2)C(=O)N1C. The van der Waals surface area contributed by atoms with Crippen LogP contribution in [0.2, 0.25) is 0 Å². The van der Waals surface area contributed by atoms with Crippen molar-refractivity contribution in [2.24, 2.45) is 0 Å². The number of likely N-dealkylation sites (N-methyl/N-ethyl adjacent to an activating group) is 2. The number of nitro benzene ring substituents is 1. The lowest BCUT2D eigenvalue weighted by Gasteiger charge is -2.48. The van der Waals surface area contributed by atoms with Gasteiger partial charge in [0.25, 0.3) is 5.69 Å². The van der Waals surface area contributed by atoms with Gasteiger partial charge in [0.1, 0.15) is 11.6 Å². The van der Waals surface area contributed by atoms with Crippen molar-refractivity contribution in [2.75, 3.05) is 14.1 Å². The summed E-state index contributed by atoms with van der Waals surface area (Å²) in [5, 5.41) is 11.4. The number of nitro groups is 1. The van der Waals surface area contributed by atoms with Crippen molar-refractivity contribution in [3.05, 3.63) is 75.3 Å². The van der Waals surface area contributed by atoms with Crippen molar-refractivity contribution < 1.29 is 14.5 Å². The first kappa shape index (κ1) is 20.5. The first-order valence-corrected chi connectivity index (χ1v) is 9.48. The summed E-state index contributed by atoms with van der Waals surface area (Å²) in [7, 11) is 3.24. The van der Waals surface area contributed by atoms with Gasteiger partial charge >= 0.3 is 0 Å². The molecule has 1 saturated heterocycles. The van der Waals surface area contributed by atoms with Gasteiger partial charge in [-0.2, -0.15) is 0 Å². The summed E-state index contributed by atoms with van der Waals surface area (Å²) in [6, 6.07) is 13.6. The number of nitrogens with zero attached hydrogens (tertiary/aromatic N) is 3. The Labute approximate surface area is 170 Å². The Balaban J connectivity index is 1.93. The maximum absolute atomic E-state index is 13.3. The Hall–Kier alpha value is -3.22. The molecule has 0 aliphatic carbocycles. The van der Waals surface area contributed by atoms with E-state index < -0.39 is 16.5 Å². The molecule has 1 aliphatic heterocycles. The number of hydrogen-bond acceptors (Lipinski definition) is 4. The smallest absolute Gasteiger partial charge is 0.272 e. The molecule has 2 aromatic carbocycles. The molecule has 0 N–H and O–H groups in total. The first-order valence-electron chi connectivity index (χ1n) is 9.48. The molecule has 7 heteroatoms. The van der Waals surface area contributed by atoms with Gasteiger partial charge in [-0.3, -0.25) is 19.7 Å². The van der Waals surface area contributed by atoms with E-state index in [1.807, 2.05) is 30.3 Å². The fraction of sp³-hybridized carbons (Fsp3) is 0.364. The summed E-state index contributed by atoms with van der Waals surface area (Å²) in [5.41, 5.74) is 1.13. The highest BCUT2D eigenvalue weighted by Gasteiger charge is 2.51. The van der Waals surface area contributed by atoms with Crippen LogP contribution in [0.3, 0.4) is 0 Å². The fourth-order valence-corrected chi connectivity index (χ4v) is 4.03. The number of benzene rings is 2. The normalized spacial score (nSPS) is 22.1. The number of amides is 2. The molecule has 1 heterocycles. The van der Waals surface area contributed by atoms with Crippen LogP contribution in [-0.2, 0) is 22.4 Å². The topological polar surface area (TPSA) is 83.8 Å². The van der Waals surface area contributed by atoms with Crippen molar-refractivity contribution in [1.29, 1.82) is 0 Å². The van der Waals surface area contributed by atoms with E-state index in [4.69, 9.17) is 0 Å². The zero-order valence-electron chi connectivity index (χ0n) is 17.1. The molecule has 1 aliphatic rings. The van der Waals surface area contributed by atoms with E-state index in [1.165, 1.54) is 15.9 Å². The second-order valence-electron chi connectivity index (χ2n) is 7.80. The van der Waals surface area contributed by atoms with Gasteiger partial charge in [-0.1, -0.05) is 42.5 Å². The predicted molar refractivity (Wildman–Crippen MR) is 109 cm³/mol. The number of carbonyl (C=O) groups excluding carboxylic acids is 2. The Morgan fingerprint density at radius 1 is 1.07 bits per heavy atom. The van der Waals surface area contributed by atoms with Gasteiger partial charge in [0.15, 0.2) is 0 Å². The zero-order chi connectivity index (χ0) is 21.3. The van der Waals surface area contributed by atoms with Crippen LogP contribution in [0.15, 0.2) is 48.5 Å². The van der Waals surface area contributed by atoms with Crippen molar-refractivity contribution in [3.63, 3.8) is 0 Å². The zero-order valence-corrected chi connectivity index (χ0v) is 17.1. The molecule has 2 amide bonds. The number of carbonyl (C=O) groups is 2. The molecule has 0 aromatic heterocycles. The molecule has 0 spiro atoms. The fourth-order valence-electron chi connectivity index (χ4n) is 4.03. The molecule has 7 nitrogen and oxygen atoms in total. The molecule has 152 valence electrons. The van der Waals surface area contributed by atoms with Crippen LogP contribution in [0, 0.1) is 17.0 Å². The number of hydrogen-bond donors (Lipinski definition) is 0. The molecule has 0 saturated carbocycles. The van der Waals surface area contributed by atoms with Crippen molar-refractivity contribution in [1.82, 2.24) is 9.80 Å². The van der Waals surface area contributed by atoms with Crippen molar-refractivity contribution >= 4 is 17.5 Å². The maximum atomic E-state index is 13.3. The molecule has 1 fully saturated rings. The largest absolute Gasteiger partial charge is 0.331 e. The van der Waals surface area contributed by atoms with E-state index in [-0.39, 0.29) is 23.9 Å². The Morgan fingerprint density at radius 2 is 1.72 bits per heavy atom. The second kappa shape index (κ2) is 7.66. The Morgan fingerprint density at radius 3 is 2.34 bits per heavy atom. The molecule has 2 aromatic rings. The van der Waals surface area contributed by atoms with E-state index in [0.29, 0.717) is 12.0 Å². The van der Waals surface area contributed by atoms with Gasteiger partial charge in [0, 0.05) is 38.6 Å². The lowest BCUT2D eigenvalue weighted by molar-refractivity contribution is -0.385. The third-order valence-corrected chi connectivity index (χ3v) is 5.98. The molecular weight excluding hydrogens is 370 g/mol. The average molecular weight is 395 g/mol. The van der Waals surface area contributed by atoms with E-state index >= 15 is 0 Å². The van der Waals surface area contributed by atoms with Crippen LogP contribution in [0.25, 0.3) is 0 Å². The van der Waals surface area contributed by atoms with E-state index in [9.17, 15) is 19.7 Å². The van der Waals surface area contributed by atoms with Crippen molar-refractivity contribution in [2.45, 2.75) is 38.3 Å². The quantitative estimate of drug-likeness (QED) is 0.576. The summed E-state index contributed by atoms with van der Waals surface area (Å²) in [4.78, 5) is 40.5. The van der Waals surface area contributed by atoms with Crippen molar-refractivity contribution in [3.8, 4) is 0 Å². The van der Waals surface area contributed by atoms with Crippen LogP contribution >= 0.6 is 0 Å². The maximum Gasteiger partial charge on any atom is 0.272 e. The summed E-state index contributed by atoms with van der Waals surface area (Å²) >= 11 is 0. The molecule has 29 heavy (non-hydrogen) atoms. The van der Waals surface area contributed by atoms with Crippen LogP contribution in [0.1, 0.15) is 23.6 Å². The number of rotatable bonds is 5. The molecule has 0 radical (unpaired) electrons. The minimum Gasteiger partial charge on any atom is -0.331 e. The lowest BCUT2D eigenvalue weighted by atomic mass is 9.84. The molecular formula is C22H25N3O4. The predicted octanol–water partition coefficient (Wildman–Crippen LogP) is 2.75. The van der Waals surface area contributed by atoms with Crippen LogP contribution in [0.4, 0.5) is 5.69 Å². The Bertz CT molecular complexity index is 960. The second-order valence-corrected chi connectivity index (χ2v) is 7.80. The minimum atomic E-state index is -1.01. The third-order valence-electron chi connectivity index (χ3n) is 5.98. The molecule has 2 atom stereocenters. The first-order chi connectivity index (χ1) is 13.7. The lowest BCUT2D eigenvalue weighted by Crippen LogP contribution is -2.69. The summed E-state index contributed by atoms with van der Waals surface area (Å²) in [5.74, 6) is -0.396. The minimum absolute atomic E-state index is 0.0288. The highest BCUT2D eigenvalue weighted by molar-refractivity contribution is 5.99. The molecule has 2 unspecified atom stereocenters. The van der Waals surface area contributed by atoms with Gasteiger partial charge in [0.05, 0.1) is 4.92 Å². The van der Waals surface area contributed by atoms with Crippen LogP contribution < -0.4 is 0 Å². The van der Waals surface area contributed by atoms with Gasteiger partial charge in [-0.15, -0.1) is 0 Å². The summed E-state index contributed by atoms with van der Waals surface area (Å²) < 4.78 is 0. The van der Waals surface area contributed by atoms with Gasteiger partial charge in [-0.05, 0) is 25.0 Å². The van der Waals surface area contributed by atoms with E-state index in [2.05, 4.69) is 0 Å². The Kier molecular flexibility index (Phi) is 5.42. The summed E-state index contributed by atoms with van der Waals surface area (Å²) in [6.07, 6.45) is 0.506. The van der Waals surface area contributed by atoms with Gasteiger partial charge < -0.3 is 9.80 Å². The average Bonchev–Trinajstić information content (AvgIpc) is 2.70. The highest BCUT2D eigenvalue weighted by Crippen LogP contribution is 2.32. The van der Waals surface area contributed by atoms with E-state index in [1.54, 1.807) is 40.1 Å². The highest BCUT2D eigenvalue weighted by atomic mass is 16.6. The standard InChI is InChI=1S/C22H25N3O4/c1-15-9-8-12-18(25(28)29)17(15)13-19-20(26)24(4)22(2,21(27)23(19)3)14-16-10-6-5-7-11-16/h5-12,19H,13-14H2,1-4H3. The summed E-state index contributed by atoms with van der Waals surface area (Å²) in [6.45, 7) is 3.55. The molecule has 0 bridgehead atoms.